The lowest BCUT2D eigenvalue weighted by atomic mass is 10.1. The van der Waals surface area contributed by atoms with Gasteiger partial charge in [0.05, 0.1) is 12.2 Å². The van der Waals surface area contributed by atoms with E-state index in [1.165, 1.54) is 10.6 Å². The van der Waals surface area contributed by atoms with Gasteiger partial charge in [-0.25, -0.2) is 0 Å². The SMILES string of the molecule is C[C@H]1Sc2ccccc2N(CC(=O)N2CCN(C(=O)C3CC3)CC2)[C@H]1C. The van der Waals surface area contributed by atoms with E-state index in [0.29, 0.717) is 49.9 Å². The molecule has 0 spiro atoms. The lowest BCUT2D eigenvalue weighted by Gasteiger charge is -2.42. The Labute approximate surface area is 159 Å². The van der Waals surface area contributed by atoms with E-state index in [1.54, 1.807) is 0 Å². The lowest BCUT2D eigenvalue weighted by molar-refractivity contribution is -0.139. The van der Waals surface area contributed by atoms with Crippen molar-refractivity contribution < 1.29 is 9.59 Å². The number of benzene rings is 1. The Hall–Kier alpha value is -1.69. The number of piperazine rings is 1. The molecule has 0 unspecified atom stereocenters. The number of thioether (sulfide) groups is 1. The van der Waals surface area contributed by atoms with Crippen LogP contribution in [0.1, 0.15) is 26.7 Å². The van der Waals surface area contributed by atoms with Crippen LogP contribution in [0.5, 0.6) is 0 Å². The highest BCUT2D eigenvalue weighted by Gasteiger charge is 2.36. The van der Waals surface area contributed by atoms with E-state index in [1.807, 2.05) is 27.6 Å². The first-order valence-electron chi connectivity index (χ1n) is 9.63. The number of hydrogen-bond acceptors (Lipinski definition) is 4. The molecular formula is C20H27N3O2S. The van der Waals surface area contributed by atoms with Gasteiger partial charge in [-0.05, 0) is 31.9 Å². The van der Waals surface area contributed by atoms with Crippen molar-refractivity contribution in [2.45, 2.75) is 42.9 Å². The minimum Gasteiger partial charge on any atom is -0.357 e. The van der Waals surface area contributed by atoms with Gasteiger partial charge < -0.3 is 14.7 Å². The summed E-state index contributed by atoms with van der Waals surface area (Å²) in [4.78, 5) is 32.5. The number of hydrogen-bond donors (Lipinski definition) is 0. The maximum Gasteiger partial charge on any atom is 0.242 e. The van der Waals surface area contributed by atoms with Crippen LogP contribution in [0.25, 0.3) is 0 Å². The summed E-state index contributed by atoms with van der Waals surface area (Å²) in [6, 6.07) is 8.68. The van der Waals surface area contributed by atoms with Gasteiger partial charge in [0.15, 0.2) is 0 Å². The molecule has 0 bridgehead atoms. The van der Waals surface area contributed by atoms with Gasteiger partial charge in [-0.3, -0.25) is 9.59 Å². The summed E-state index contributed by atoms with van der Waals surface area (Å²) >= 11 is 1.89. The molecule has 4 rings (SSSR count). The average molecular weight is 374 g/mol. The monoisotopic (exact) mass is 373 g/mol. The number of rotatable bonds is 3. The summed E-state index contributed by atoms with van der Waals surface area (Å²) in [7, 11) is 0. The number of amides is 2. The highest BCUT2D eigenvalue weighted by molar-refractivity contribution is 8.00. The summed E-state index contributed by atoms with van der Waals surface area (Å²) in [6.07, 6.45) is 2.08. The van der Waals surface area contributed by atoms with Crippen LogP contribution in [-0.4, -0.2) is 65.6 Å². The molecular weight excluding hydrogens is 346 g/mol. The van der Waals surface area contributed by atoms with E-state index in [0.717, 1.165) is 12.8 Å². The average Bonchev–Trinajstić information content (AvgIpc) is 3.50. The number of para-hydroxylation sites is 1. The van der Waals surface area contributed by atoms with Gasteiger partial charge >= 0.3 is 0 Å². The van der Waals surface area contributed by atoms with Crippen molar-refractivity contribution in [3.8, 4) is 0 Å². The van der Waals surface area contributed by atoms with Crippen molar-refractivity contribution in [1.82, 2.24) is 9.80 Å². The van der Waals surface area contributed by atoms with Crippen LogP contribution in [0.4, 0.5) is 5.69 Å². The van der Waals surface area contributed by atoms with E-state index >= 15 is 0 Å². The molecule has 26 heavy (non-hydrogen) atoms. The first kappa shape index (κ1) is 17.7. The summed E-state index contributed by atoms with van der Waals surface area (Å²) in [5.41, 5.74) is 1.17. The topological polar surface area (TPSA) is 43.9 Å². The van der Waals surface area contributed by atoms with Crippen molar-refractivity contribution in [3.05, 3.63) is 24.3 Å². The summed E-state index contributed by atoms with van der Waals surface area (Å²) in [5, 5.41) is 0.450. The zero-order valence-corrected chi connectivity index (χ0v) is 16.4. The number of anilines is 1. The molecule has 140 valence electrons. The molecule has 1 aromatic rings. The second kappa shape index (κ2) is 7.14. The quantitative estimate of drug-likeness (QED) is 0.816. The van der Waals surface area contributed by atoms with Crippen molar-refractivity contribution in [2.75, 3.05) is 37.6 Å². The smallest absolute Gasteiger partial charge is 0.242 e. The maximum atomic E-state index is 12.9. The standard InChI is InChI=1S/C20H27N3O2S/c1-14-15(2)26-18-6-4-3-5-17(18)23(14)13-19(24)21-9-11-22(12-10-21)20(25)16-7-8-16/h3-6,14-16H,7-13H2,1-2H3/t14-,15+/m0/s1. The third-order valence-electron chi connectivity index (χ3n) is 5.83. The molecule has 1 saturated heterocycles. The Morgan fingerprint density at radius 1 is 1.04 bits per heavy atom. The Kier molecular flexibility index (Phi) is 4.86. The minimum absolute atomic E-state index is 0.171. The van der Waals surface area contributed by atoms with Gasteiger partial charge in [-0.15, -0.1) is 11.8 Å². The first-order valence-corrected chi connectivity index (χ1v) is 10.5. The zero-order valence-electron chi connectivity index (χ0n) is 15.6. The summed E-state index contributed by atoms with van der Waals surface area (Å²) in [5.74, 6) is 0.729. The molecule has 2 heterocycles. The maximum absolute atomic E-state index is 12.9. The van der Waals surface area contributed by atoms with Gasteiger partial charge in [0.25, 0.3) is 0 Å². The van der Waals surface area contributed by atoms with Crippen LogP contribution in [0, 0.1) is 5.92 Å². The number of carbonyl (C=O) groups is 2. The molecule has 2 atom stereocenters. The van der Waals surface area contributed by atoms with Gasteiger partial charge in [-0.1, -0.05) is 19.1 Å². The lowest BCUT2D eigenvalue weighted by Crippen LogP contribution is -2.54. The minimum atomic E-state index is 0.171. The van der Waals surface area contributed by atoms with Gasteiger partial charge in [-0.2, -0.15) is 0 Å². The van der Waals surface area contributed by atoms with E-state index < -0.39 is 0 Å². The number of carbonyl (C=O) groups excluding carboxylic acids is 2. The molecule has 0 aromatic heterocycles. The largest absolute Gasteiger partial charge is 0.357 e. The van der Waals surface area contributed by atoms with Crippen LogP contribution in [0.3, 0.4) is 0 Å². The molecule has 0 N–H and O–H groups in total. The van der Waals surface area contributed by atoms with Gasteiger partial charge in [0.2, 0.25) is 11.8 Å². The second-order valence-electron chi connectivity index (χ2n) is 7.64. The van der Waals surface area contributed by atoms with E-state index in [9.17, 15) is 9.59 Å². The Bertz CT molecular complexity index is 698. The fourth-order valence-corrected chi connectivity index (χ4v) is 5.01. The molecule has 1 saturated carbocycles. The normalized spacial score (nSPS) is 25.8. The van der Waals surface area contributed by atoms with Crippen LogP contribution in [0.15, 0.2) is 29.2 Å². The third-order valence-corrected chi connectivity index (χ3v) is 7.20. The highest BCUT2D eigenvalue weighted by Crippen LogP contribution is 2.41. The molecule has 1 aliphatic carbocycles. The Balaban J connectivity index is 1.39. The molecule has 2 fully saturated rings. The van der Waals surface area contributed by atoms with E-state index in [2.05, 4.69) is 36.9 Å². The zero-order chi connectivity index (χ0) is 18.3. The van der Waals surface area contributed by atoms with E-state index in [-0.39, 0.29) is 11.8 Å². The molecule has 0 radical (unpaired) electrons. The van der Waals surface area contributed by atoms with E-state index in [4.69, 9.17) is 0 Å². The second-order valence-corrected chi connectivity index (χ2v) is 9.06. The Morgan fingerprint density at radius 2 is 1.69 bits per heavy atom. The highest BCUT2D eigenvalue weighted by atomic mass is 32.2. The molecule has 3 aliphatic rings. The molecule has 6 heteroatoms. The third kappa shape index (κ3) is 3.43. The van der Waals surface area contributed by atoms with Gasteiger partial charge in [0.1, 0.15) is 0 Å². The summed E-state index contributed by atoms with van der Waals surface area (Å²) < 4.78 is 0. The number of fused-ring (bicyclic) bond motifs is 1. The molecule has 2 amide bonds. The van der Waals surface area contributed by atoms with Crippen LogP contribution >= 0.6 is 11.8 Å². The van der Waals surface area contributed by atoms with Crippen molar-refractivity contribution in [3.63, 3.8) is 0 Å². The predicted molar refractivity (Wildman–Crippen MR) is 104 cm³/mol. The van der Waals surface area contributed by atoms with Gasteiger partial charge in [0, 0.05) is 48.3 Å². The van der Waals surface area contributed by atoms with Crippen molar-refractivity contribution >= 4 is 29.3 Å². The molecule has 2 aliphatic heterocycles. The number of nitrogens with zero attached hydrogens (tertiary/aromatic N) is 3. The molecule has 1 aromatic carbocycles. The fourth-order valence-electron chi connectivity index (χ4n) is 3.81. The predicted octanol–water partition coefficient (Wildman–Crippen LogP) is 2.46. The van der Waals surface area contributed by atoms with Crippen LogP contribution in [-0.2, 0) is 9.59 Å². The summed E-state index contributed by atoms with van der Waals surface area (Å²) in [6.45, 7) is 7.52. The van der Waals surface area contributed by atoms with Crippen molar-refractivity contribution in [2.24, 2.45) is 5.92 Å². The van der Waals surface area contributed by atoms with Crippen LogP contribution < -0.4 is 4.90 Å². The van der Waals surface area contributed by atoms with Crippen molar-refractivity contribution in [1.29, 1.82) is 0 Å². The van der Waals surface area contributed by atoms with Crippen LogP contribution in [0.2, 0.25) is 0 Å². The fraction of sp³-hybridized carbons (Fsp3) is 0.600. The molecule has 5 nitrogen and oxygen atoms in total. The Morgan fingerprint density at radius 3 is 2.38 bits per heavy atom. The first-order chi connectivity index (χ1) is 12.5.